The van der Waals surface area contributed by atoms with Gasteiger partial charge in [-0.25, -0.2) is 9.37 Å². The van der Waals surface area contributed by atoms with Gasteiger partial charge in [0, 0.05) is 53.4 Å². The molecule has 0 unspecified atom stereocenters. The van der Waals surface area contributed by atoms with Crippen LogP contribution in [0.15, 0.2) is 41.8 Å². The van der Waals surface area contributed by atoms with E-state index in [1.165, 1.54) is 10.9 Å². The van der Waals surface area contributed by atoms with Gasteiger partial charge in [-0.3, -0.25) is 9.69 Å². The van der Waals surface area contributed by atoms with Gasteiger partial charge in [0.1, 0.15) is 5.82 Å². The van der Waals surface area contributed by atoms with Gasteiger partial charge in [-0.15, -0.1) is 22.7 Å². The Kier molecular flexibility index (Phi) is 5.85. The summed E-state index contributed by atoms with van der Waals surface area (Å²) in [5.74, 6) is -0.0266. The van der Waals surface area contributed by atoms with Crippen molar-refractivity contribution in [3.8, 4) is 10.4 Å². The van der Waals surface area contributed by atoms with Gasteiger partial charge in [-0.1, -0.05) is 18.2 Å². The van der Waals surface area contributed by atoms with E-state index in [0.29, 0.717) is 12.0 Å². The molecule has 1 saturated heterocycles. The number of aryl methyl sites for hydroxylation is 1. The summed E-state index contributed by atoms with van der Waals surface area (Å²) in [7, 11) is 0. The molecule has 3 heterocycles. The lowest BCUT2D eigenvalue weighted by molar-refractivity contribution is -0.132. The summed E-state index contributed by atoms with van der Waals surface area (Å²) in [6.07, 6.45) is 0.390. The van der Waals surface area contributed by atoms with Crippen LogP contribution < -0.4 is 0 Å². The molecule has 0 spiro atoms. The van der Waals surface area contributed by atoms with Gasteiger partial charge in [-0.05, 0) is 25.1 Å². The van der Waals surface area contributed by atoms with E-state index in [9.17, 15) is 9.18 Å². The van der Waals surface area contributed by atoms with Crippen LogP contribution in [0.2, 0.25) is 0 Å². The topological polar surface area (TPSA) is 36.4 Å². The maximum absolute atomic E-state index is 14.0. The summed E-state index contributed by atoms with van der Waals surface area (Å²) in [4.78, 5) is 23.3. The zero-order valence-electron chi connectivity index (χ0n) is 15.7. The molecule has 0 atom stereocenters. The Bertz CT molecular complexity index is 960. The van der Waals surface area contributed by atoms with Crippen molar-refractivity contribution in [3.63, 3.8) is 0 Å². The van der Waals surface area contributed by atoms with Crippen LogP contribution in [0, 0.1) is 12.7 Å². The van der Waals surface area contributed by atoms with Gasteiger partial charge in [-0.2, -0.15) is 0 Å². The smallest absolute Gasteiger partial charge is 0.228 e. The van der Waals surface area contributed by atoms with Crippen molar-refractivity contribution < 1.29 is 9.18 Å². The highest BCUT2D eigenvalue weighted by atomic mass is 32.1. The molecule has 0 aliphatic carbocycles. The van der Waals surface area contributed by atoms with Crippen LogP contribution in [0.1, 0.15) is 15.6 Å². The average molecular weight is 416 g/mol. The third-order valence-corrected chi connectivity index (χ3v) is 6.83. The molecule has 7 heteroatoms. The Labute approximate surface area is 172 Å². The molecule has 0 radical (unpaired) electrons. The second kappa shape index (κ2) is 8.51. The molecule has 3 aromatic rings. The minimum Gasteiger partial charge on any atom is -0.340 e. The van der Waals surface area contributed by atoms with Crippen LogP contribution in [-0.4, -0.2) is 46.9 Å². The van der Waals surface area contributed by atoms with Gasteiger partial charge in [0.05, 0.1) is 17.1 Å². The van der Waals surface area contributed by atoms with Crippen molar-refractivity contribution in [2.24, 2.45) is 0 Å². The van der Waals surface area contributed by atoms with Gasteiger partial charge < -0.3 is 4.90 Å². The van der Waals surface area contributed by atoms with Crippen LogP contribution in [0.3, 0.4) is 0 Å². The summed E-state index contributed by atoms with van der Waals surface area (Å²) in [6, 6.07) is 11.0. The number of carbonyl (C=O) groups excluding carboxylic acids is 1. The summed E-state index contributed by atoms with van der Waals surface area (Å²) in [5.41, 5.74) is 1.53. The maximum Gasteiger partial charge on any atom is 0.228 e. The normalized spacial score (nSPS) is 15.1. The lowest BCUT2D eigenvalue weighted by Crippen LogP contribution is -2.48. The zero-order valence-corrected chi connectivity index (χ0v) is 17.4. The molecule has 4 rings (SSSR count). The Balaban J connectivity index is 1.30. The highest BCUT2D eigenvalue weighted by Gasteiger charge is 2.22. The Morgan fingerprint density at radius 2 is 1.93 bits per heavy atom. The van der Waals surface area contributed by atoms with Crippen LogP contribution in [0.25, 0.3) is 10.4 Å². The van der Waals surface area contributed by atoms with Crippen LogP contribution >= 0.6 is 22.7 Å². The first-order valence-corrected chi connectivity index (χ1v) is 11.0. The second-order valence-electron chi connectivity index (χ2n) is 6.94. The van der Waals surface area contributed by atoms with Crippen molar-refractivity contribution >= 4 is 28.6 Å². The predicted molar refractivity (Wildman–Crippen MR) is 112 cm³/mol. The van der Waals surface area contributed by atoms with E-state index in [-0.39, 0.29) is 11.7 Å². The van der Waals surface area contributed by atoms with Crippen LogP contribution in [0.4, 0.5) is 4.39 Å². The Hall–Kier alpha value is -2.09. The average Bonchev–Trinajstić information content (AvgIpc) is 3.31. The lowest BCUT2D eigenvalue weighted by Gasteiger charge is -2.34. The lowest BCUT2D eigenvalue weighted by atomic mass is 10.2. The van der Waals surface area contributed by atoms with E-state index in [0.717, 1.165) is 48.3 Å². The molecule has 1 amide bonds. The molecule has 4 nitrogen and oxygen atoms in total. The van der Waals surface area contributed by atoms with Gasteiger partial charge in [0.15, 0.2) is 0 Å². The largest absolute Gasteiger partial charge is 0.340 e. The SMILES string of the molecule is Cc1nc(CC(=O)N2CCN(Cc3ccc(-c4ccccc4F)s3)CC2)cs1. The third kappa shape index (κ3) is 4.48. The number of rotatable bonds is 5. The van der Waals surface area contributed by atoms with Gasteiger partial charge in [0.2, 0.25) is 5.91 Å². The summed E-state index contributed by atoms with van der Waals surface area (Å²) >= 11 is 3.22. The van der Waals surface area contributed by atoms with Crippen molar-refractivity contribution in [1.82, 2.24) is 14.8 Å². The van der Waals surface area contributed by atoms with Gasteiger partial charge in [0.25, 0.3) is 0 Å². The minimum atomic E-state index is -0.182. The van der Waals surface area contributed by atoms with E-state index in [1.54, 1.807) is 28.7 Å². The molecule has 1 aliphatic rings. The fourth-order valence-corrected chi connectivity index (χ4v) is 5.09. The van der Waals surface area contributed by atoms with E-state index >= 15 is 0 Å². The number of hydrogen-bond acceptors (Lipinski definition) is 5. The monoisotopic (exact) mass is 415 g/mol. The number of benzene rings is 1. The molecule has 1 aromatic carbocycles. The number of amides is 1. The number of thiophene rings is 1. The summed E-state index contributed by atoms with van der Waals surface area (Å²) in [6.45, 7) is 6.00. The Morgan fingerprint density at radius 3 is 2.64 bits per heavy atom. The standard InChI is InChI=1S/C21H22FN3OS2/c1-15-23-16(14-27-15)12-21(26)25-10-8-24(9-11-25)13-17-6-7-20(28-17)18-4-2-3-5-19(18)22/h2-7,14H,8-13H2,1H3. The number of nitrogens with zero attached hydrogens (tertiary/aromatic N) is 3. The number of aromatic nitrogens is 1. The van der Waals surface area contributed by atoms with Gasteiger partial charge >= 0.3 is 0 Å². The minimum absolute atomic E-state index is 0.155. The molecular weight excluding hydrogens is 393 g/mol. The summed E-state index contributed by atoms with van der Waals surface area (Å²) < 4.78 is 14.0. The molecular formula is C21H22FN3OS2. The van der Waals surface area contributed by atoms with Crippen molar-refractivity contribution in [2.45, 2.75) is 19.9 Å². The van der Waals surface area contributed by atoms with E-state index < -0.39 is 0 Å². The molecule has 1 aliphatic heterocycles. The first-order valence-electron chi connectivity index (χ1n) is 9.33. The maximum atomic E-state index is 14.0. The van der Waals surface area contributed by atoms with Crippen LogP contribution in [0.5, 0.6) is 0 Å². The number of halogens is 1. The first-order chi connectivity index (χ1) is 13.6. The van der Waals surface area contributed by atoms with Crippen molar-refractivity contribution in [2.75, 3.05) is 26.2 Å². The number of piperazine rings is 1. The van der Waals surface area contributed by atoms with Crippen LogP contribution in [-0.2, 0) is 17.8 Å². The highest BCUT2D eigenvalue weighted by molar-refractivity contribution is 7.15. The molecule has 0 bridgehead atoms. The number of carbonyl (C=O) groups is 1. The van der Waals surface area contributed by atoms with Crippen molar-refractivity contribution in [1.29, 1.82) is 0 Å². The summed E-state index contributed by atoms with van der Waals surface area (Å²) in [5, 5.41) is 2.96. The number of thiazole rings is 1. The zero-order chi connectivity index (χ0) is 19.5. The predicted octanol–water partition coefficient (Wildman–Crippen LogP) is 4.21. The van der Waals surface area contributed by atoms with E-state index in [2.05, 4.69) is 16.0 Å². The number of hydrogen-bond donors (Lipinski definition) is 0. The van der Waals surface area contributed by atoms with Crippen molar-refractivity contribution in [3.05, 3.63) is 63.2 Å². The second-order valence-corrected chi connectivity index (χ2v) is 9.17. The first kappa shape index (κ1) is 19.2. The Morgan fingerprint density at radius 1 is 1.14 bits per heavy atom. The fraction of sp³-hybridized carbons (Fsp3) is 0.333. The highest BCUT2D eigenvalue weighted by Crippen LogP contribution is 2.30. The molecule has 28 heavy (non-hydrogen) atoms. The molecule has 2 aromatic heterocycles. The quantitative estimate of drug-likeness (QED) is 0.626. The van der Waals surface area contributed by atoms with E-state index in [4.69, 9.17) is 0 Å². The molecule has 1 fully saturated rings. The molecule has 0 N–H and O–H groups in total. The molecule has 146 valence electrons. The fourth-order valence-electron chi connectivity index (χ4n) is 3.40. The molecule has 0 saturated carbocycles. The third-order valence-electron chi connectivity index (χ3n) is 4.90. The van der Waals surface area contributed by atoms with E-state index in [1.807, 2.05) is 35.4 Å².